The number of hydrogen-bond donors (Lipinski definition) is 2. The van der Waals surface area contributed by atoms with Crippen LogP contribution in [0.15, 0.2) is 22.7 Å². The van der Waals surface area contributed by atoms with Crippen LogP contribution in [0.4, 0.5) is 0 Å². The van der Waals surface area contributed by atoms with Crippen LogP contribution in [0, 0.1) is 0 Å². The molecule has 0 aromatic heterocycles. The topological polar surface area (TPSA) is 58.6 Å². The molecule has 0 saturated carbocycles. The lowest BCUT2D eigenvalue weighted by atomic mass is 10.1. The van der Waals surface area contributed by atoms with Gasteiger partial charge in [0.15, 0.2) is 6.10 Å². The van der Waals surface area contributed by atoms with Crippen LogP contribution in [0.5, 0.6) is 5.75 Å². The maximum Gasteiger partial charge on any atom is 0.260 e. The fourth-order valence-corrected chi connectivity index (χ4v) is 1.98. The van der Waals surface area contributed by atoms with Crippen LogP contribution >= 0.6 is 15.9 Å². The number of amides is 1. The Morgan fingerprint density at radius 1 is 1.32 bits per heavy atom. The lowest BCUT2D eigenvalue weighted by Crippen LogP contribution is -2.40. The molecular weight excluding hydrogens is 310 g/mol. The summed E-state index contributed by atoms with van der Waals surface area (Å²) >= 11 is 3.35. The molecule has 0 radical (unpaired) electrons. The summed E-state index contributed by atoms with van der Waals surface area (Å²) in [5.74, 6) is 0.346. The molecule has 0 aliphatic rings. The molecule has 4 nitrogen and oxygen atoms in total. The van der Waals surface area contributed by atoms with Crippen LogP contribution in [0.25, 0.3) is 0 Å². The lowest BCUT2D eigenvalue weighted by molar-refractivity contribution is -0.127. The summed E-state index contributed by atoms with van der Waals surface area (Å²) in [6, 6.07) is 5.41. The molecule has 0 heterocycles. The summed E-state index contributed by atoms with van der Waals surface area (Å²) in [6.07, 6.45) is -1.27. The first kappa shape index (κ1) is 16.0. The molecule has 106 valence electrons. The highest BCUT2D eigenvalue weighted by molar-refractivity contribution is 9.10. The van der Waals surface area contributed by atoms with E-state index < -0.39 is 12.2 Å². The quantitative estimate of drug-likeness (QED) is 0.873. The Balaban J connectivity index is 2.84. The molecule has 0 spiro atoms. The maximum atomic E-state index is 11.8. The lowest BCUT2D eigenvalue weighted by Gasteiger charge is -2.19. The number of aliphatic hydroxyl groups excluding tert-OH is 1. The third kappa shape index (κ3) is 4.84. The van der Waals surface area contributed by atoms with Gasteiger partial charge in [0.2, 0.25) is 0 Å². The molecule has 1 unspecified atom stereocenters. The molecular formula is C14H20BrNO3. The minimum Gasteiger partial charge on any atom is -0.481 e. The van der Waals surface area contributed by atoms with Gasteiger partial charge >= 0.3 is 0 Å². The van der Waals surface area contributed by atoms with Gasteiger partial charge in [0.25, 0.3) is 5.91 Å². The number of hydrogen-bond acceptors (Lipinski definition) is 3. The zero-order valence-electron chi connectivity index (χ0n) is 11.6. The van der Waals surface area contributed by atoms with Crippen molar-refractivity contribution in [2.24, 2.45) is 0 Å². The Morgan fingerprint density at radius 2 is 1.95 bits per heavy atom. The van der Waals surface area contributed by atoms with Crippen molar-refractivity contribution < 1.29 is 14.6 Å². The number of halogens is 1. The number of aliphatic hydroxyl groups is 1. The molecule has 0 aliphatic heterocycles. The fourth-order valence-electron chi connectivity index (χ4n) is 1.60. The van der Waals surface area contributed by atoms with Gasteiger partial charge in [-0.25, -0.2) is 0 Å². The van der Waals surface area contributed by atoms with E-state index in [1.165, 1.54) is 0 Å². The van der Waals surface area contributed by atoms with Gasteiger partial charge in [0.05, 0.1) is 6.10 Å². The monoisotopic (exact) mass is 329 g/mol. The van der Waals surface area contributed by atoms with Crippen LogP contribution in [0.3, 0.4) is 0 Å². The van der Waals surface area contributed by atoms with Crippen molar-refractivity contribution in [2.45, 2.75) is 45.9 Å². The third-order valence-corrected chi connectivity index (χ3v) is 3.02. The van der Waals surface area contributed by atoms with Crippen molar-refractivity contribution in [1.29, 1.82) is 0 Å². The van der Waals surface area contributed by atoms with Crippen LogP contribution < -0.4 is 10.1 Å². The molecule has 2 N–H and O–H groups in total. The van der Waals surface area contributed by atoms with E-state index in [1.807, 2.05) is 19.9 Å². The zero-order valence-corrected chi connectivity index (χ0v) is 13.2. The van der Waals surface area contributed by atoms with E-state index in [1.54, 1.807) is 26.0 Å². The van der Waals surface area contributed by atoms with Crippen molar-refractivity contribution in [3.63, 3.8) is 0 Å². The summed E-state index contributed by atoms with van der Waals surface area (Å²) in [4.78, 5) is 11.8. The van der Waals surface area contributed by atoms with Gasteiger partial charge in [-0.05, 0) is 45.9 Å². The first-order valence-corrected chi connectivity index (χ1v) is 7.05. The van der Waals surface area contributed by atoms with Gasteiger partial charge in [0.1, 0.15) is 5.75 Å². The van der Waals surface area contributed by atoms with Gasteiger partial charge in [0, 0.05) is 16.1 Å². The molecule has 1 aromatic rings. The Hall–Kier alpha value is -1.07. The smallest absolute Gasteiger partial charge is 0.260 e. The van der Waals surface area contributed by atoms with Crippen molar-refractivity contribution in [2.75, 3.05) is 0 Å². The number of rotatable bonds is 5. The van der Waals surface area contributed by atoms with E-state index in [0.717, 1.165) is 4.47 Å². The molecule has 0 bridgehead atoms. The van der Waals surface area contributed by atoms with E-state index in [-0.39, 0.29) is 11.9 Å². The molecule has 1 rings (SSSR count). The highest BCUT2D eigenvalue weighted by Gasteiger charge is 2.18. The van der Waals surface area contributed by atoms with E-state index in [4.69, 9.17) is 4.74 Å². The Labute approximate surface area is 122 Å². The Morgan fingerprint density at radius 3 is 2.47 bits per heavy atom. The van der Waals surface area contributed by atoms with Crippen molar-refractivity contribution in [3.8, 4) is 5.75 Å². The second-order valence-corrected chi connectivity index (χ2v) is 5.70. The number of ether oxygens (including phenoxy) is 1. The van der Waals surface area contributed by atoms with Gasteiger partial charge in [-0.2, -0.15) is 0 Å². The summed E-state index contributed by atoms with van der Waals surface area (Å²) in [6.45, 7) is 7.13. The number of carbonyl (C=O) groups excluding carboxylic acids is 1. The zero-order chi connectivity index (χ0) is 14.6. The molecule has 2 atom stereocenters. The maximum absolute atomic E-state index is 11.8. The van der Waals surface area contributed by atoms with Gasteiger partial charge < -0.3 is 15.2 Å². The van der Waals surface area contributed by atoms with Crippen LogP contribution in [-0.2, 0) is 4.79 Å². The number of nitrogens with one attached hydrogen (secondary N) is 1. The summed E-state index contributed by atoms with van der Waals surface area (Å²) < 4.78 is 6.49. The van der Waals surface area contributed by atoms with E-state index in [9.17, 15) is 9.90 Å². The number of benzene rings is 1. The molecule has 5 heteroatoms. The Bertz CT molecular complexity index is 446. The van der Waals surface area contributed by atoms with Gasteiger partial charge in [-0.1, -0.05) is 15.9 Å². The largest absolute Gasteiger partial charge is 0.481 e. The molecule has 0 aliphatic carbocycles. The highest BCUT2D eigenvalue weighted by atomic mass is 79.9. The fraction of sp³-hybridized carbons (Fsp3) is 0.500. The predicted octanol–water partition coefficient (Wildman–Crippen LogP) is 2.79. The molecule has 1 amide bonds. The average molecular weight is 330 g/mol. The second kappa shape index (κ2) is 6.91. The van der Waals surface area contributed by atoms with E-state index in [0.29, 0.717) is 11.3 Å². The van der Waals surface area contributed by atoms with Gasteiger partial charge in [-0.15, -0.1) is 0 Å². The Kier molecular flexibility index (Phi) is 5.82. The number of carbonyl (C=O) groups is 1. The molecule has 1 aromatic carbocycles. The second-order valence-electron chi connectivity index (χ2n) is 4.78. The van der Waals surface area contributed by atoms with E-state index in [2.05, 4.69) is 21.2 Å². The minimum atomic E-state index is -0.659. The summed E-state index contributed by atoms with van der Waals surface area (Å²) in [5.41, 5.74) is 0.651. The standard InChI is InChI=1S/C14H20BrNO3/c1-8(2)16-14(18)10(4)19-13-6-5-11(15)7-12(13)9(3)17/h5-10,17H,1-4H3,(H,16,18)/t9-,10?/m0/s1. The molecule has 0 fully saturated rings. The van der Waals surface area contributed by atoms with Crippen LogP contribution in [-0.4, -0.2) is 23.2 Å². The normalized spacial score (nSPS) is 14.1. The van der Waals surface area contributed by atoms with Crippen LogP contribution in [0.2, 0.25) is 0 Å². The average Bonchev–Trinajstić information content (AvgIpc) is 2.30. The summed E-state index contributed by atoms with van der Waals surface area (Å²) in [7, 11) is 0. The molecule has 19 heavy (non-hydrogen) atoms. The van der Waals surface area contributed by atoms with Crippen LogP contribution in [0.1, 0.15) is 39.4 Å². The minimum absolute atomic E-state index is 0.0692. The SMILES string of the molecule is CC(C)NC(=O)C(C)Oc1ccc(Br)cc1[C@H](C)O. The van der Waals surface area contributed by atoms with Crippen molar-refractivity contribution >= 4 is 21.8 Å². The van der Waals surface area contributed by atoms with Crippen molar-refractivity contribution in [1.82, 2.24) is 5.32 Å². The summed E-state index contributed by atoms with van der Waals surface area (Å²) in [5, 5.41) is 12.5. The van der Waals surface area contributed by atoms with E-state index >= 15 is 0 Å². The first-order chi connectivity index (χ1) is 8.81. The third-order valence-electron chi connectivity index (χ3n) is 2.53. The highest BCUT2D eigenvalue weighted by Crippen LogP contribution is 2.29. The van der Waals surface area contributed by atoms with Crippen molar-refractivity contribution in [3.05, 3.63) is 28.2 Å². The van der Waals surface area contributed by atoms with Gasteiger partial charge in [-0.3, -0.25) is 4.79 Å². The molecule has 0 saturated heterocycles. The first-order valence-electron chi connectivity index (χ1n) is 6.25. The predicted molar refractivity (Wildman–Crippen MR) is 78.1 cm³/mol.